The number of urea groups is 1. The van der Waals surface area contributed by atoms with Crippen LogP contribution in [-0.2, 0) is 0 Å². The van der Waals surface area contributed by atoms with E-state index in [1.54, 1.807) is 0 Å². The van der Waals surface area contributed by atoms with Crippen LogP contribution in [0.1, 0.15) is 38.7 Å². The smallest absolute Gasteiger partial charge is 0.319 e. The second-order valence-electron chi connectivity index (χ2n) is 5.33. The number of carbonyl (C=O) groups excluding carboxylic acids is 1. The molecule has 0 radical (unpaired) electrons. The highest BCUT2D eigenvalue weighted by Gasteiger charge is 2.28. The summed E-state index contributed by atoms with van der Waals surface area (Å²) in [7, 11) is 0. The first-order valence-electron chi connectivity index (χ1n) is 6.74. The van der Waals surface area contributed by atoms with Gasteiger partial charge in [-0.1, -0.05) is 17.7 Å². The lowest BCUT2D eigenvalue weighted by molar-refractivity contribution is 0.133. The molecule has 2 atom stereocenters. The largest absolute Gasteiger partial charge is 0.322 e. The highest BCUT2D eigenvalue weighted by atomic mass is 16.2. The summed E-state index contributed by atoms with van der Waals surface area (Å²) in [4.78, 5) is 14.3. The molecule has 1 heterocycles. The van der Waals surface area contributed by atoms with Crippen LogP contribution >= 0.6 is 0 Å². The Morgan fingerprint density at radius 2 is 1.72 bits per heavy atom. The van der Waals surface area contributed by atoms with E-state index in [2.05, 4.69) is 19.2 Å². The molecule has 18 heavy (non-hydrogen) atoms. The lowest BCUT2D eigenvalue weighted by Crippen LogP contribution is -2.49. The van der Waals surface area contributed by atoms with Crippen LogP contribution in [0.4, 0.5) is 10.5 Å². The van der Waals surface area contributed by atoms with Crippen molar-refractivity contribution in [3.8, 4) is 0 Å². The van der Waals surface area contributed by atoms with Crippen molar-refractivity contribution >= 4 is 11.7 Å². The molecule has 1 aromatic rings. The Hall–Kier alpha value is -1.51. The quantitative estimate of drug-likeness (QED) is 0.803. The van der Waals surface area contributed by atoms with Gasteiger partial charge in [-0.2, -0.15) is 0 Å². The van der Waals surface area contributed by atoms with E-state index in [0.29, 0.717) is 12.1 Å². The van der Waals surface area contributed by atoms with Crippen LogP contribution in [0.3, 0.4) is 0 Å². The van der Waals surface area contributed by atoms with Gasteiger partial charge in [0.1, 0.15) is 0 Å². The van der Waals surface area contributed by atoms with E-state index in [1.165, 1.54) is 12.0 Å². The third kappa shape index (κ3) is 2.84. The molecule has 1 N–H and O–H groups in total. The van der Waals surface area contributed by atoms with Gasteiger partial charge in [0, 0.05) is 17.8 Å². The minimum atomic E-state index is 0.0264. The topological polar surface area (TPSA) is 32.3 Å². The van der Waals surface area contributed by atoms with Gasteiger partial charge in [0.15, 0.2) is 0 Å². The SMILES string of the molecule is Cc1ccc(NC(=O)N2[C@H](C)CCC[C@@H]2C)cc1. The van der Waals surface area contributed by atoms with Gasteiger partial charge in [0.25, 0.3) is 0 Å². The molecule has 3 heteroatoms. The number of anilines is 1. The monoisotopic (exact) mass is 246 g/mol. The summed E-state index contributed by atoms with van der Waals surface area (Å²) in [6.07, 6.45) is 3.42. The normalized spacial score (nSPS) is 23.8. The molecular formula is C15H22N2O. The van der Waals surface area contributed by atoms with Crippen molar-refractivity contribution in [1.29, 1.82) is 0 Å². The maximum atomic E-state index is 12.3. The van der Waals surface area contributed by atoms with Gasteiger partial charge in [-0.3, -0.25) is 0 Å². The van der Waals surface area contributed by atoms with Gasteiger partial charge >= 0.3 is 6.03 Å². The van der Waals surface area contributed by atoms with Crippen molar-refractivity contribution in [2.75, 3.05) is 5.32 Å². The second-order valence-corrected chi connectivity index (χ2v) is 5.33. The summed E-state index contributed by atoms with van der Waals surface area (Å²) < 4.78 is 0. The van der Waals surface area contributed by atoms with E-state index in [9.17, 15) is 4.79 Å². The molecule has 1 saturated heterocycles. The number of aryl methyl sites for hydroxylation is 1. The first-order chi connectivity index (χ1) is 8.58. The van der Waals surface area contributed by atoms with Crippen molar-refractivity contribution in [1.82, 2.24) is 4.90 Å². The number of piperidine rings is 1. The molecule has 0 aliphatic carbocycles. The fourth-order valence-corrected chi connectivity index (χ4v) is 2.65. The molecule has 1 fully saturated rings. The number of hydrogen-bond acceptors (Lipinski definition) is 1. The highest BCUT2D eigenvalue weighted by molar-refractivity contribution is 5.89. The minimum Gasteiger partial charge on any atom is -0.319 e. The predicted octanol–water partition coefficient (Wildman–Crippen LogP) is 3.79. The maximum Gasteiger partial charge on any atom is 0.322 e. The average molecular weight is 246 g/mol. The average Bonchev–Trinajstić information content (AvgIpc) is 2.32. The first-order valence-corrected chi connectivity index (χ1v) is 6.74. The summed E-state index contributed by atoms with van der Waals surface area (Å²) in [6.45, 7) is 6.30. The van der Waals surface area contributed by atoms with Crippen LogP contribution < -0.4 is 5.32 Å². The van der Waals surface area contributed by atoms with E-state index >= 15 is 0 Å². The van der Waals surface area contributed by atoms with Crippen molar-refractivity contribution in [3.63, 3.8) is 0 Å². The molecule has 0 unspecified atom stereocenters. The lowest BCUT2D eigenvalue weighted by Gasteiger charge is -2.38. The first kappa shape index (κ1) is 12.9. The van der Waals surface area contributed by atoms with Crippen LogP contribution in [-0.4, -0.2) is 23.0 Å². The molecule has 98 valence electrons. The standard InChI is InChI=1S/C15H22N2O/c1-11-7-9-14(10-8-11)16-15(18)17-12(2)5-4-6-13(17)3/h7-10,12-13H,4-6H2,1-3H3,(H,16,18)/t12-,13+. The van der Waals surface area contributed by atoms with Gasteiger partial charge in [-0.25, -0.2) is 4.79 Å². The van der Waals surface area contributed by atoms with Crippen LogP contribution in [0.2, 0.25) is 0 Å². The van der Waals surface area contributed by atoms with Crippen molar-refractivity contribution in [2.24, 2.45) is 0 Å². The molecule has 2 rings (SSSR count). The summed E-state index contributed by atoms with van der Waals surface area (Å²) in [5.74, 6) is 0. The molecule has 0 bridgehead atoms. The Morgan fingerprint density at radius 1 is 1.17 bits per heavy atom. The van der Waals surface area contributed by atoms with Gasteiger partial charge in [-0.15, -0.1) is 0 Å². The Morgan fingerprint density at radius 3 is 2.28 bits per heavy atom. The van der Waals surface area contributed by atoms with E-state index in [1.807, 2.05) is 36.1 Å². The molecule has 3 nitrogen and oxygen atoms in total. The zero-order valence-corrected chi connectivity index (χ0v) is 11.4. The number of likely N-dealkylation sites (tertiary alicyclic amines) is 1. The molecule has 1 aliphatic heterocycles. The van der Waals surface area contributed by atoms with Crippen LogP contribution in [0.15, 0.2) is 24.3 Å². The Labute approximate surface area is 109 Å². The summed E-state index contributed by atoms with van der Waals surface area (Å²) in [5, 5.41) is 2.99. The van der Waals surface area contributed by atoms with Crippen molar-refractivity contribution in [2.45, 2.75) is 52.1 Å². The zero-order valence-electron chi connectivity index (χ0n) is 11.4. The highest BCUT2D eigenvalue weighted by Crippen LogP contribution is 2.23. The summed E-state index contributed by atoms with van der Waals surface area (Å²) in [5.41, 5.74) is 2.07. The molecular weight excluding hydrogens is 224 g/mol. The van der Waals surface area contributed by atoms with E-state index in [-0.39, 0.29) is 6.03 Å². The van der Waals surface area contributed by atoms with E-state index < -0.39 is 0 Å². The minimum absolute atomic E-state index is 0.0264. The molecule has 1 aliphatic rings. The van der Waals surface area contributed by atoms with Crippen LogP contribution in [0.25, 0.3) is 0 Å². The summed E-state index contributed by atoms with van der Waals surface area (Å²) in [6, 6.07) is 8.62. The number of carbonyl (C=O) groups is 1. The van der Waals surface area contributed by atoms with Gasteiger partial charge in [-0.05, 0) is 52.2 Å². The number of rotatable bonds is 1. The van der Waals surface area contributed by atoms with E-state index in [0.717, 1.165) is 18.5 Å². The fourth-order valence-electron chi connectivity index (χ4n) is 2.65. The Bertz CT molecular complexity index is 403. The Kier molecular flexibility index (Phi) is 3.90. The van der Waals surface area contributed by atoms with Crippen molar-refractivity contribution < 1.29 is 4.79 Å². The van der Waals surface area contributed by atoms with Gasteiger partial charge in [0.05, 0.1) is 0 Å². The van der Waals surface area contributed by atoms with E-state index in [4.69, 9.17) is 0 Å². The van der Waals surface area contributed by atoms with Crippen LogP contribution in [0.5, 0.6) is 0 Å². The maximum absolute atomic E-state index is 12.3. The molecule has 0 saturated carbocycles. The lowest BCUT2D eigenvalue weighted by atomic mass is 9.98. The number of benzene rings is 1. The number of hydrogen-bond donors (Lipinski definition) is 1. The number of nitrogens with one attached hydrogen (secondary N) is 1. The van der Waals surface area contributed by atoms with Crippen LogP contribution in [0, 0.1) is 6.92 Å². The second kappa shape index (κ2) is 5.42. The third-order valence-corrected chi connectivity index (χ3v) is 3.73. The van der Waals surface area contributed by atoms with Crippen molar-refractivity contribution in [3.05, 3.63) is 29.8 Å². The molecule has 2 amide bonds. The predicted molar refractivity (Wildman–Crippen MR) is 74.8 cm³/mol. The van der Waals surface area contributed by atoms with Gasteiger partial charge in [0.2, 0.25) is 0 Å². The van der Waals surface area contributed by atoms with Gasteiger partial charge < -0.3 is 10.2 Å². The zero-order chi connectivity index (χ0) is 13.1. The summed E-state index contributed by atoms with van der Waals surface area (Å²) >= 11 is 0. The number of nitrogens with zero attached hydrogens (tertiary/aromatic N) is 1. The fraction of sp³-hybridized carbons (Fsp3) is 0.533. The molecule has 0 aromatic heterocycles. The number of amides is 2. The third-order valence-electron chi connectivity index (χ3n) is 3.73. The Balaban J connectivity index is 2.04. The molecule has 0 spiro atoms. The molecule has 1 aromatic carbocycles.